The van der Waals surface area contributed by atoms with Crippen LogP contribution in [0, 0.1) is 5.92 Å². The molecule has 0 saturated carbocycles. The van der Waals surface area contributed by atoms with Gasteiger partial charge in [-0.25, -0.2) is 8.42 Å². The summed E-state index contributed by atoms with van der Waals surface area (Å²) in [5, 5.41) is 0.775. The lowest BCUT2D eigenvalue weighted by atomic mass is 9.91. The summed E-state index contributed by atoms with van der Waals surface area (Å²) in [6.45, 7) is 2.95. The maximum absolute atomic E-state index is 12.7. The highest BCUT2D eigenvalue weighted by atomic mass is 35.5. The maximum Gasteiger partial charge on any atom is 0.218 e. The molecular formula is C19H21ClN2O2S. The first-order valence-corrected chi connectivity index (χ1v) is 10.5. The number of nitrogens with zero attached hydrogens (tertiary/aromatic N) is 2. The van der Waals surface area contributed by atoms with E-state index in [4.69, 9.17) is 11.6 Å². The number of hydrogen-bond acceptors (Lipinski definition) is 3. The van der Waals surface area contributed by atoms with Crippen molar-refractivity contribution in [3.63, 3.8) is 0 Å². The molecule has 2 saturated heterocycles. The molecule has 6 heteroatoms. The summed E-state index contributed by atoms with van der Waals surface area (Å²) in [5.41, 5.74) is 1.95. The average molecular weight is 377 g/mol. The second-order valence-electron chi connectivity index (χ2n) is 6.91. The Balaban J connectivity index is 1.41. The van der Waals surface area contributed by atoms with Crippen LogP contribution in [0.15, 0.2) is 54.6 Å². The molecule has 0 spiro atoms. The van der Waals surface area contributed by atoms with Crippen molar-refractivity contribution in [2.45, 2.75) is 18.3 Å². The van der Waals surface area contributed by atoms with Crippen LogP contribution in [0.1, 0.15) is 11.1 Å². The number of hydrogen-bond donors (Lipinski definition) is 0. The number of halogens is 1. The fourth-order valence-corrected chi connectivity index (χ4v) is 5.63. The van der Waals surface area contributed by atoms with Crippen molar-refractivity contribution in [1.82, 2.24) is 9.21 Å². The summed E-state index contributed by atoms with van der Waals surface area (Å²) in [6, 6.07) is 17.6. The Kier molecular flexibility index (Phi) is 4.58. The molecule has 2 fully saturated rings. The van der Waals surface area contributed by atoms with Crippen molar-refractivity contribution >= 4 is 21.6 Å². The first-order valence-electron chi connectivity index (χ1n) is 8.52. The minimum absolute atomic E-state index is 0.0811. The average Bonchev–Trinajstić information content (AvgIpc) is 2.93. The van der Waals surface area contributed by atoms with E-state index in [-0.39, 0.29) is 5.75 Å². The van der Waals surface area contributed by atoms with Gasteiger partial charge in [-0.1, -0.05) is 60.1 Å². The topological polar surface area (TPSA) is 40.6 Å². The molecule has 0 radical (unpaired) electrons. The van der Waals surface area contributed by atoms with Crippen LogP contribution in [0.3, 0.4) is 0 Å². The van der Waals surface area contributed by atoms with Gasteiger partial charge in [-0.15, -0.1) is 0 Å². The Labute approximate surface area is 154 Å². The largest absolute Gasteiger partial charge is 0.294 e. The Morgan fingerprint density at radius 2 is 1.68 bits per heavy atom. The molecule has 0 bridgehead atoms. The Morgan fingerprint density at radius 3 is 2.44 bits per heavy atom. The normalized spacial score (nSPS) is 24.0. The summed E-state index contributed by atoms with van der Waals surface area (Å²) in [7, 11) is -3.26. The van der Waals surface area contributed by atoms with Gasteiger partial charge in [-0.05, 0) is 17.2 Å². The predicted molar refractivity (Wildman–Crippen MR) is 99.8 cm³/mol. The third kappa shape index (κ3) is 3.47. The lowest BCUT2D eigenvalue weighted by molar-refractivity contribution is 0.0435. The van der Waals surface area contributed by atoms with Crippen LogP contribution in [0.2, 0.25) is 5.02 Å². The van der Waals surface area contributed by atoms with Crippen LogP contribution < -0.4 is 0 Å². The van der Waals surface area contributed by atoms with Gasteiger partial charge < -0.3 is 0 Å². The van der Waals surface area contributed by atoms with Gasteiger partial charge in [0.15, 0.2) is 0 Å². The van der Waals surface area contributed by atoms with Gasteiger partial charge in [0.25, 0.3) is 0 Å². The third-order valence-corrected chi connectivity index (χ3v) is 7.38. The first-order chi connectivity index (χ1) is 12.0. The van der Waals surface area contributed by atoms with E-state index < -0.39 is 10.0 Å². The highest BCUT2D eigenvalue weighted by Gasteiger charge is 2.48. The summed E-state index contributed by atoms with van der Waals surface area (Å²) >= 11 is 6.25. The van der Waals surface area contributed by atoms with E-state index in [9.17, 15) is 8.42 Å². The minimum atomic E-state index is -3.26. The van der Waals surface area contributed by atoms with E-state index in [1.807, 2.05) is 54.6 Å². The van der Waals surface area contributed by atoms with Crippen LogP contribution >= 0.6 is 11.6 Å². The monoisotopic (exact) mass is 376 g/mol. The summed E-state index contributed by atoms with van der Waals surface area (Å²) in [5.74, 6) is 0.519. The molecule has 4 rings (SSSR count). The standard InChI is InChI=1S/C19H21ClN2O2S/c20-18-9-5-4-8-16(18)10-21-11-17-12-22(13-19(17)21)25(23,24)14-15-6-2-1-3-7-15/h1-9,17,19H,10-14H2/t17-,19-/m0/s1. The first kappa shape index (κ1) is 17.0. The van der Waals surface area contributed by atoms with Crippen LogP contribution in [-0.4, -0.2) is 43.3 Å². The molecule has 2 aromatic carbocycles. The Hall–Kier alpha value is -1.40. The van der Waals surface area contributed by atoms with Gasteiger partial charge in [-0.2, -0.15) is 4.31 Å². The zero-order valence-electron chi connectivity index (χ0n) is 13.9. The van der Waals surface area contributed by atoms with Crippen molar-refractivity contribution in [1.29, 1.82) is 0 Å². The number of sulfonamides is 1. The van der Waals surface area contributed by atoms with Gasteiger partial charge in [0.2, 0.25) is 10.0 Å². The Bertz CT molecular complexity index is 857. The lowest BCUT2D eigenvalue weighted by Crippen LogP contribution is -2.54. The molecule has 4 nitrogen and oxygen atoms in total. The quantitative estimate of drug-likeness (QED) is 0.805. The van der Waals surface area contributed by atoms with E-state index in [1.165, 1.54) is 0 Å². The minimum Gasteiger partial charge on any atom is -0.294 e. The van der Waals surface area contributed by atoms with Crippen LogP contribution in [-0.2, 0) is 22.3 Å². The SMILES string of the molecule is O=S(=O)(Cc1ccccc1)N1C[C@@H]2CN(Cc3ccccc3Cl)[C@H]2C1. The molecule has 2 atom stereocenters. The van der Waals surface area contributed by atoms with Crippen LogP contribution in [0.25, 0.3) is 0 Å². The van der Waals surface area contributed by atoms with Crippen molar-refractivity contribution in [3.8, 4) is 0 Å². The lowest BCUT2D eigenvalue weighted by Gasteiger charge is -2.43. The molecule has 2 aromatic rings. The number of fused-ring (bicyclic) bond motifs is 1. The molecule has 0 amide bonds. The number of benzene rings is 2. The van der Waals surface area contributed by atoms with E-state index in [0.29, 0.717) is 25.0 Å². The number of likely N-dealkylation sites (tertiary alicyclic amines) is 1. The van der Waals surface area contributed by atoms with Gasteiger partial charge >= 0.3 is 0 Å². The summed E-state index contributed by atoms with van der Waals surface area (Å²) in [4.78, 5) is 2.34. The van der Waals surface area contributed by atoms with Gasteiger partial charge in [0, 0.05) is 43.2 Å². The maximum atomic E-state index is 12.7. The second-order valence-corrected chi connectivity index (χ2v) is 9.28. The van der Waals surface area contributed by atoms with Gasteiger partial charge in [-0.3, -0.25) is 4.90 Å². The molecule has 0 N–H and O–H groups in total. The molecule has 0 aromatic heterocycles. The second kappa shape index (κ2) is 6.72. The fourth-order valence-electron chi connectivity index (χ4n) is 3.84. The molecule has 2 aliphatic rings. The molecule has 0 aliphatic carbocycles. The zero-order valence-corrected chi connectivity index (χ0v) is 15.5. The molecule has 2 heterocycles. The van der Waals surface area contributed by atoms with Gasteiger partial charge in [0.1, 0.15) is 0 Å². The summed E-state index contributed by atoms with van der Waals surface area (Å²) in [6.07, 6.45) is 0. The third-order valence-electron chi connectivity index (χ3n) is 5.23. The molecule has 25 heavy (non-hydrogen) atoms. The predicted octanol–water partition coefficient (Wildman–Crippen LogP) is 2.99. The van der Waals surface area contributed by atoms with Crippen molar-refractivity contribution in [2.24, 2.45) is 5.92 Å². The highest BCUT2D eigenvalue weighted by Crippen LogP contribution is 2.36. The molecular weight excluding hydrogens is 356 g/mol. The Morgan fingerprint density at radius 1 is 0.960 bits per heavy atom. The molecule has 2 aliphatic heterocycles. The number of rotatable bonds is 5. The van der Waals surface area contributed by atoms with Crippen molar-refractivity contribution < 1.29 is 8.42 Å². The summed E-state index contributed by atoms with van der Waals surface area (Å²) < 4.78 is 27.1. The highest BCUT2D eigenvalue weighted by molar-refractivity contribution is 7.88. The molecule has 0 unspecified atom stereocenters. The van der Waals surface area contributed by atoms with E-state index in [0.717, 1.165) is 29.2 Å². The van der Waals surface area contributed by atoms with Crippen molar-refractivity contribution in [3.05, 3.63) is 70.7 Å². The smallest absolute Gasteiger partial charge is 0.218 e. The van der Waals surface area contributed by atoms with Crippen LogP contribution in [0.5, 0.6) is 0 Å². The zero-order chi connectivity index (χ0) is 17.4. The fraction of sp³-hybridized carbons (Fsp3) is 0.368. The van der Waals surface area contributed by atoms with E-state index >= 15 is 0 Å². The van der Waals surface area contributed by atoms with E-state index in [2.05, 4.69) is 4.90 Å². The van der Waals surface area contributed by atoms with Crippen LogP contribution in [0.4, 0.5) is 0 Å². The van der Waals surface area contributed by atoms with Gasteiger partial charge in [0.05, 0.1) is 5.75 Å². The van der Waals surface area contributed by atoms with E-state index in [1.54, 1.807) is 4.31 Å². The van der Waals surface area contributed by atoms with Crippen molar-refractivity contribution in [2.75, 3.05) is 19.6 Å². The molecule has 132 valence electrons.